The molecule has 0 saturated carbocycles. The summed E-state index contributed by atoms with van der Waals surface area (Å²) in [6.07, 6.45) is 5.34. The number of carbonyl (C=O) groups is 3. The number of hydrogen-bond donors (Lipinski definition) is 2. The molecule has 176 valence electrons. The number of hydrogen-bond acceptors (Lipinski definition) is 5. The van der Waals surface area contributed by atoms with Crippen LogP contribution in [-0.4, -0.2) is 42.1 Å². The van der Waals surface area contributed by atoms with Gasteiger partial charge in [-0.2, -0.15) is 0 Å². The Kier molecular flexibility index (Phi) is 7.29. The molecule has 1 aromatic heterocycles. The third-order valence-corrected chi connectivity index (χ3v) is 7.84. The highest BCUT2D eigenvalue weighted by atomic mass is 32.1. The molecule has 0 unspecified atom stereocenters. The van der Waals surface area contributed by atoms with Crippen molar-refractivity contribution in [2.75, 3.05) is 25.0 Å². The number of thiophene rings is 1. The second-order valence-corrected chi connectivity index (χ2v) is 10.8. The van der Waals surface area contributed by atoms with E-state index in [4.69, 9.17) is 5.73 Å². The third-order valence-electron chi connectivity index (χ3n) is 6.63. The molecule has 1 fully saturated rings. The number of nitrogens with one attached hydrogen (secondary N) is 1. The van der Waals surface area contributed by atoms with Crippen molar-refractivity contribution >= 4 is 33.9 Å². The minimum atomic E-state index is -0.471. The molecule has 2 aliphatic rings. The van der Waals surface area contributed by atoms with Gasteiger partial charge in [0.15, 0.2) is 5.78 Å². The molecule has 2 amide bonds. The SMILES string of the molecule is CC(C)Cc1ccc(C(=O)C2CCN(CC(=O)Nc3sc4c(c3C(N)=O)CCC4)CC2)cc1. The second-order valence-electron chi connectivity index (χ2n) is 9.68. The highest BCUT2D eigenvalue weighted by Crippen LogP contribution is 2.38. The van der Waals surface area contributed by atoms with Crippen LogP contribution in [0, 0.1) is 11.8 Å². The Morgan fingerprint density at radius 1 is 1.12 bits per heavy atom. The van der Waals surface area contributed by atoms with Gasteiger partial charge >= 0.3 is 0 Å². The monoisotopic (exact) mass is 467 g/mol. The van der Waals surface area contributed by atoms with Crippen LogP contribution in [0.25, 0.3) is 0 Å². The minimum absolute atomic E-state index is 0.00185. The molecule has 33 heavy (non-hydrogen) atoms. The largest absolute Gasteiger partial charge is 0.365 e. The van der Waals surface area contributed by atoms with Crippen molar-refractivity contribution in [1.82, 2.24) is 4.90 Å². The summed E-state index contributed by atoms with van der Waals surface area (Å²) in [5, 5.41) is 3.50. The van der Waals surface area contributed by atoms with E-state index in [1.165, 1.54) is 16.9 Å². The number of amides is 2. The van der Waals surface area contributed by atoms with Crippen LogP contribution < -0.4 is 11.1 Å². The number of anilines is 1. The summed E-state index contributed by atoms with van der Waals surface area (Å²) in [5.41, 5.74) is 9.13. The maximum atomic E-state index is 12.9. The van der Waals surface area contributed by atoms with E-state index >= 15 is 0 Å². The molecule has 0 atom stereocenters. The van der Waals surface area contributed by atoms with E-state index in [0.717, 1.165) is 54.5 Å². The van der Waals surface area contributed by atoms with E-state index in [-0.39, 0.29) is 24.2 Å². The predicted molar refractivity (Wildman–Crippen MR) is 132 cm³/mol. The van der Waals surface area contributed by atoms with Crippen LogP contribution in [0.1, 0.15) is 69.8 Å². The van der Waals surface area contributed by atoms with Crippen LogP contribution in [0.4, 0.5) is 5.00 Å². The maximum Gasteiger partial charge on any atom is 0.251 e. The number of fused-ring (bicyclic) bond motifs is 1. The zero-order valence-corrected chi connectivity index (χ0v) is 20.3. The van der Waals surface area contributed by atoms with Gasteiger partial charge in [-0.15, -0.1) is 11.3 Å². The number of primary amides is 1. The van der Waals surface area contributed by atoms with Gasteiger partial charge in [0.2, 0.25) is 5.91 Å². The van der Waals surface area contributed by atoms with E-state index < -0.39 is 5.91 Å². The average molecular weight is 468 g/mol. The number of aryl methyl sites for hydroxylation is 1. The Bertz CT molecular complexity index is 1030. The number of nitrogens with zero attached hydrogens (tertiary/aromatic N) is 1. The molecule has 2 heterocycles. The number of Topliss-reactive ketones (excluding diaryl/α,β-unsaturated/α-hetero) is 1. The first-order valence-electron chi connectivity index (χ1n) is 11.9. The molecule has 4 rings (SSSR count). The fraction of sp³-hybridized carbons (Fsp3) is 0.500. The van der Waals surface area contributed by atoms with E-state index in [1.54, 1.807) is 0 Å². The molecule has 1 aliphatic heterocycles. The fourth-order valence-corrected chi connectivity index (χ4v) is 6.30. The molecular formula is C26H33N3O3S. The summed E-state index contributed by atoms with van der Waals surface area (Å²) in [5.74, 6) is 0.191. The lowest BCUT2D eigenvalue weighted by atomic mass is 9.88. The van der Waals surface area contributed by atoms with Crippen LogP contribution in [0.5, 0.6) is 0 Å². The van der Waals surface area contributed by atoms with E-state index in [1.807, 2.05) is 12.1 Å². The van der Waals surface area contributed by atoms with Crippen LogP contribution in [0.3, 0.4) is 0 Å². The van der Waals surface area contributed by atoms with Crippen molar-refractivity contribution in [3.63, 3.8) is 0 Å². The molecule has 7 heteroatoms. The van der Waals surface area contributed by atoms with Crippen molar-refractivity contribution in [3.05, 3.63) is 51.4 Å². The van der Waals surface area contributed by atoms with Crippen molar-refractivity contribution in [2.45, 2.75) is 52.4 Å². The second kappa shape index (κ2) is 10.2. The smallest absolute Gasteiger partial charge is 0.251 e. The Hall–Kier alpha value is -2.51. The first-order valence-corrected chi connectivity index (χ1v) is 12.7. The van der Waals surface area contributed by atoms with Gasteiger partial charge in [0.1, 0.15) is 5.00 Å². The molecule has 1 aromatic carbocycles. The van der Waals surface area contributed by atoms with Crippen molar-refractivity contribution in [3.8, 4) is 0 Å². The summed E-state index contributed by atoms with van der Waals surface area (Å²) in [7, 11) is 0. The summed E-state index contributed by atoms with van der Waals surface area (Å²) in [4.78, 5) is 40.8. The summed E-state index contributed by atoms with van der Waals surface area (Å²) in [6.45, 7) is 6.05. The Morgan fingerprint density at radius 2 is 1.82 bits per heavy atom. The molecule has 0 bridgehead atoms. The molecule has 0 spiro atoms. The molecule has 6 nitrogen and oxygen atoms in total. The normalized spacial score (nSPS) is 16.7. The first-order chi connectivity index (χ1) is 15.8. The number of benzene rings is 1. The average Bonchev–Trinajstić information content (AvgIpc) is 3.34. The lowest BCUT2D eigenvalue weighted by molar-refractivity contribution is -0.117. The zero-order chi connectivity index (χ0) is 23.5. The van der Waals surface area contributed by atoms with Gasteiger partial charge in [-0.3, -0.25) is 19.3 Å². The summed E-state index contributed by atoms with van der Waals surface area (Å²) < 4.78 is 0. The molecule has 0 radical (unpaired) electrons. The Labute approximate surface area is 199 Å². The highest BCUT2D eigenvalue weighted by Gasteiger charge is 2.29. The number of ketones is 1. The Morgan fingerprint density at radius 3 is 2.45 bits per heavy atom. The molecular weight excluding hydrogens is 434 g/mol. The van der Waals surface area contributed by atoms with Crippen LogP contribution >= 0.6 is 11.3 Å². The minimum Gasteiger partial charge on any atom is -0.365 e. The predicted octanol–water partition coefficient (Wildman–Crippen LogP) is 4.07. The molecule has 2 aromatic rings. The number of carbonyl (C=O) groups excluding carboxylic acids is 3. The van der Waals surface area contributed by atoms with Gasteiger partial charge in [-0.05, 0) is 68.7 Å². The van der Waals surface area contributed by atoms with Gasteiger partial charge in [0, 0.05) is 16.4 Å². The first kappa shape index (κ1) is 23.6. The molecule has 1 saturated heterocycles. The number of piperidine rings is 1. The van der Waals surface area contributed by atoms with Gasteiger partial charge in [-0.25, -0.2) is 0 Å². The topological polar surface area (TPSA) is 92.5 Å². The fourth-order valence-electron chi connectivity index (χ4n) is 4.99. The lowest BCUT2D eigenvalue weighted by Gasteiger charge is -2.30. The summed E-state index contributed by atoms with van der Waals surface area (Å²) >= 11 is 1.48. The van der Waals surface area contributed by atoms with Gasteiger partial charge in [0.25, 0.3) is 5.91 Å². The van der Waals surface area contributed by atoms with E-state index in [9.17, 15) is 14.4 Å². The number of nitrogens with two attached hydrogens (primary N) is 1. The third kappa shape index (κ3) is 5.53. The van der Waals surface area contributed by atoms with Crippen LogP contribution in [0.15, 0.2) is 24.3 Å². The lowest BCUT2D eigenvalue weighted by Crippen LogP contribution is -2.40. The summed E-state index contributed by atoms with van der Waals surface area (Å²) in [6, 6.07) is 8.03. The van der Waals surface area contributed by atoms with E-state index in [0.29, 0.717) is 29.6 Å². The number of rotatable bonds is 8. The molecule has 1 aliphatic carbocycles. The van der Waals surface area contributed by atoms with E-state index in [2.05, 4.69) is 36.2 Å². The highest BCUT2D eigenvalue weighted by molar-refractivity contribution is 7.17. The van der Waals surface area contributed by atoms with Crippen molar-refractivity contribution in [1.29, 1.82) is 0 Å². The maximum absolute atomic E-state index is 12.9. The van der Waals surface area contributed by atoms with Crippen molar-refractivity contribution in [2.24, 2.45) is 17.6 Å². The quantitative estimate of drug-likeness (QED) is 0.573. The van der Waals surface area contributed by atoms with Gasteiger partial charge < -0.3 is 11.1 Å². The van der Waals surface area contributed by atoms with Crippen molar-refractivity contribution < 1.29 is 14.4 Å². The molecule has 3 N–H and O–H groups in total. The standard InChI is InChI=1S/C26H33N3O3S/c1-16(2)14-17-6-8-18(9-7-17)24(31)19-10-12-29(13-11-19)15-22(30)28-26-23(25(27)32)20-4-3-5-21(20)33-26/h6-9,16,19H,3-5,10-15H2,1-2H3,(H2,27,32)(H,28,30). The zero-order valence-electron chi connectivity index (χ0n) is 19.5. The van der Waals surface area contributed by atoms with Gasteiger partial charge in [-0.1, -0.05) is 38.1 Å². The Balaban J connectivity index is 1.28. The van der Waals surface area contributed by atoms with Gasteiger partial charge in [0.05, 0.1) is 12.1 Å². The number of likely N-dealkylation sites (tertiary alicyclic amines) is 1. The van der Waals surface area contributed by atoms with Crippen LogP contribution in [0.2, 0.25) is 0 Å². The van der Waals surface area contributed by atoms with Crippen LogP contribution in [-0.2, 0) is 24.1 Å².